The number of aromatic nitrogens is 2. The molecular weight excluding hydrogens is 340 g/mol. The first-order chi connectivity index (χ1) is 13.9. The zero-order valence-corrected chi connectivity index (χ0v) is 15.3. The molecule has 28 heavy (non-hydrogen) atoms. The van der Waals surface area contributed by atoms with E-state index >= 15 is 0 Å². The van der Waals surface area contributed by atoms with Gasteiger partial charge in [-0.2, -0.15) is 0 Å². The van der Waals surface area contributed by atoms with Gasteiger partial charge in [-0.1, -0.05) is 54.6 Å². The van der Waals surface area contributed by atoms with Crippen molar-refractivity contribution in [1.82, 2.24) is 9.13 Å². The molecule has 2 nitrogen and oxygen atoms in total. The molecule has 0 radical (unpaired) electrons. The molecule has 2 aromatic heterocycles. The topological polar surface area (TPSA) is 9.86 Å². The van der Waals surface area contributed by atoms with Gasteiger partial charge < -0.3 is 9.13 Å². The summed E-state index contributed by atoms with van der Waals surface area (Å²) in [6, 6.07) is 36.6. The monoisotopic (exact) mass is 358 g/mol. The first-order valence-corrected chi connectivity index (χ1v) is 9.55. The maximum absolute atomic E-state index is 2.37. The first-order valence-electron chi connectivity index (χ1n) is 9.55. The maximum atomic E-state index is 2.37. The highest BCUT2D eigenvalue weighted by Gasteiger charge is 2.14. The molecule has 132 valence electrons. The molecule has 0 aliphatic heterocycles. The Morgan fingerprint density at radius 1 is 0.464 bits per heavy atom. The van der Waals surface area contributed by atoms with E-state index in [0.717, 1.165) is 0 Å². The highest BCUT2D eigenvalue weighted by molar-refractivity contribution is 6.13. The fourth-order valence-electron chi connectivity index (χ4n) is 4.27. The van der Waals surface area contributed by atoms with Crippen LogP contribution in [0.2, 0.25) is 0 Å². The minimum atomic E-state index is 1.18. The predicted molar refractivity (Wildman–Crippen MR) is 118 cm³/mol. The molecule has 0 spiro atoms. The molecule has 6 aromatic rings. The summed E-state index contributed by atoms with van der Waals surface area (Å²) < 4.78 is 4.63. The van der Waals surface area contributed by atoms with E-state index in [0.29, 0.717) is 0 Å². The van der Waals surface area contributed by atoms with Crippen LogP contribution < -0.4 is 0 Å². The van der Waals surface area contributed by atoms with Crippen molar-refractivity contribution in [2.24, 2.45) is 0 Å². The highest BCUT2D eigenvalue weighted by atomic mass is 15.0. The molecule has 0 aliphatic carbocycles. The van der Waals surface area contributed by atoms with Gasteiger partial charge in [-0.15, -0.1) is 0 Å². The molecule has 0 bridgehead atoms. The van der Waals surface area contributed by atoms with E-state index in [9.17, 15) is 0 Å². The standard InChI is InChI=1S/C26H18N2/c1-3-9-20(10-4-1)27-16-15-19-17-23-22-13-7-8-14-24(22)28(26(23)18-25(19)27)21-11-5-2-6-12-21/h1-18H. The molecule has 2 heterocycles. The molecule has 0 fully saturated rings. The SMILES string of the molecule is c1ccc(-n2ccc3cc4c5ccccc5n(-c5ccccc5)c4cc32)cc1. The number of para-hydroxylation sites is 3. The Morgan fingerprint density at radius 2 is 1.14 bits per heavy atom. The summed E-state index contributed by atoms with van der Waals surface area (Å²) in [4.78, 5) is 0. The van der Waals surface area contributed by atoms with Crippen molar-refractivity contribution in [3.8, 4) is 11.4 Å². The Balaban J connectivity index is 1.76. The van der Waals surface area contributed by atoms with E-state index in [4.69, 9.17) is 0 Å². The molecule has 4 aromatic carbocycles. The van der Waals surface area contributed by atoms with Crippen molar-refractivity contribution in [3.63, 3.8) is 0 Å². The maximum Gasteiger partial charge on any atom is 0.0562 e. The summed E-state index contributed by atoms with van der Waals surface area (Å²) in [6.07, 6.45) is 2.16. The molecule has 0 aliphatic rings. The van der Waals surface area contributed by atoms with E-state index < -0.39 is 0 Å². The highest BCUT2D eigenvalue weighted by Crippen LogP contribution is 2.35. The van der Waals surface area contributed by atoms with Gasteiger partial charge in [0.1, 0.15) is 0 Å². The van der Waals surface area contributed by atoms with Crippen molar-refractivity contribution >= 4 is 32.7 Å². The molecule has 0 atom stereocenters. The normalized spacial score (nSPS) is 11.6. The summed E-state index contributed by atoms with van der Waals surface area (Å²) in [5.41, 5.74) is 6.06. The van der Waals surface area contributed by atoms with Gasteiger partial charge in [0.05, 0.1) is 16.6 Å². The van der Waals surface area contributed by atoms with Gasteiger partial charge in [0.2, 0.25) is 0 Å². The lowest BCUT2D eigenvalue weighted by molar-refractivity contribution is 1.12. The lowest BCUT2D eigenvalue weighted by Crippen LogP contribution is -1.94. The van der Waals surface area contributed by atoms with E-state index in [1.54, 1.807) is 0 Å². The van der Waals surface area contributed by atoms with Gasteiger partial charge in [-0.25, -0.2) is 0 Å². The summed E-state index contributed by atoms with van der Waals surface area (Å²) in [6.45, 7) is 0. The summed E-state index contributed by atoms with van der Waals surface area (Å²) in [5.74, 6) is 0. The van der Waals surface area contributed by atoms with Crippen LogP contribution in [0.25, 0.3) is 44.1 Å². The summed E-state index contributed by atoms with van der Waals surface area (Å²) in [5, 5.41) is 3.83. The Morgan fingerprint density at radius 3 is 1.93 bits per heavy atom. The second kappa shape index (κ2) is 5.86. The molecule has 0 saturated carbocycles. The lowest BCUT2D eigenvalue weighted by Gasteiger charge is -2.09. The van der Waals surface area contributed by atoms with Crippen LogP contribution in [-0.2, 0) is 0 Å². The van der Waals surface area contributed by atoms with Crippen LogP contribution in [0, 0.1) is 0 Å². The van der Waals surface area contributed by atoms with Crippen LogP contribution in [-0.4, -0.2) is 9.13 Å². The fourth-order valence-corrected chi connectivity index (χ4v) is 4.27. The van der Waals surface area contributed by atoms with Crippen molar-refractivity contribution in [1.29, 1.82) is 0 Å². The molecule has 0 amide bonds. The predicted octanol–water partition coefficient (Wildman–Crippen LogP) is 6.73. The fraction of sp³-hybridized carbons (Fsp3) is 0. The molecular formula is C26H18N2. The van der Waals surface area contributed by atoms with Crippen LogP contribution in [0.5, 0.6) is 0 Å². The average molecular weight is 358 g/mol. The van der Waals surface area contributed by atoms with Crippen LogP contribution in [0.1, 0.15) is 0 Å². The van der Waals surface area contributed by atoms with E-state index in [-0.39, 0.29) is 0 Å². The zero-order valence-electron chi connectivity index (χ0n) is 15.3. The van der Waals surface area contributed by atoms with Crippen molar-refractivity contribution in [3.05, 3.63) is 109 Å². The number of fused-ring (bicyclic) bond motifs is 4. The largest absolute Gasteiger partial charge is 0.316 e. The van der Waals surface area contributed by atoms with Gasteiger partial charge in [0.15, 0.2) is 0 Å². The molecule has 0 N–H and O–H groups in total. The quantitative estimate of drug-likeness (QED) is 0.325. The van der Waals surface area contributed by atoms with E-state index in [1.165, 1.54) is 44.1 Å². The summed E-state index contributed by atoms with van der Waals surface area (Å²) in [7, 11) is 0. The Hall–Kier alpha value is -3.78. The number of hydrogen-bond acceptors (Lipinski definition) is 0. The second-order valence-corrected chi connectivity index (χ2v) is 7.14. The van der Waals surface area contributed by atoms with Gasteiger partial charge in [-0.3, -0.25) is 0 Å². The van der Waals surface area contributed by atoms with E-state index in [1.807, 2.05) is 0 Å². The van der Waals surface area contributed by atoms with Crippen LogP contribution in [0.4, 0.5) is 0 Å². The number of hydrogen-bond donors (Lipinski definition) is 0. The third-order valence-electron chi connectivity index (χ3n) is 5.53. The molecule has 6 rings (SSSR count). The molecule has 0 unspecified atom stereocenters. The van der Waals surface area contributed by atoms with Gasteiger partial charge in [0, 0.05) is 33.7 Å². The zero-order chi connectivity index (χ0) is 18.5. The Labute approximate surface area is 162 Å². The smallest absolute Gasteiger partial charge is 0.0562 e. The van der Waals surface area contributed by atoms with Crippen molar-refractivity contribution in [2.75, 3.05) is 0 Å². The summed E-state index contributed by atoms with van der Waals surface area (Å²) >= 11 is 0. The number of rotatable bonds is 2. The molecule has 2 heteroatoms. The van der Waals surface area contributed by atoms with Gasteiger partial charge in [-0.05, 0) is 48.5 Å². The molecule has 0 saturated heterocycles. The van der Waals surface area contributed by atoms with Gasteiger partial charge in [0.25, 0.3) is 0 Å². The Kier molecular flexibility index (Phi) is 3.20. The van der Waals surface area contributed by atoms with Crippen molar-refractivity contribution in [2.45, 2.75) is 0 Å². The number of benzene rings is 4. The lowest BCUT2D eigenvalue weighted by atomic mass is 10.1. The van der Waals surface area contributed by atoms with Gasteiger partial charge >= 0.3 is 0 Å². The van der Waals surface area contributed by atoms with E-state index in [2.05, 4.69) is 118 Å². The average Bonchev–Trinajstić information content (AvgIpc) is 3.32. The van der Waals surface area contributed by atoms with Crippen LogP contribution in [0.15, 0.2) is 109 Å². The third kappa shape index (κ3) is 2.15. The van der Waals surface area contributed by atoms with Crippen LogP contribution in [0.3, 0.4) is 0 Å². The van der Waals surface area contributed by atoms with Crippen molar-refractivity contribution < 1.29 is 0 Å². The second-order valence-electron chi connectivity index (χ2n) is 7.14. The number of nitrogens with zero attached hydrogens (tertiary/aromatic N) is 2. The third-order valence-corrected chi connectivity index (χ3v) is 5.53. The Bertz CT molecular complexity index is 1440. The first kappa shape index (κ1) is 15.3. The minimum Gasteiger partial charge on any atom is -0.316 e. The minimum absolute atomic E-state index is 1.18. The van der Waals surface area contributed by atoms with Crippen LogP contribution >= 0.6 is 0 Å².